The normalized spacial score (nSPS) is 10.3. The number of rotatable bonds is 3. The van der Waals surface area contributed by atoms with Crippen molar-refractivity contribution in [2.45, 2.75) is 0 Å². The van der Waals surface area contributed by atoms with Gasteiger partial charge >= 0.3 is 0 Å². The van der Waals surface area contributed by atoms with Gasteiger partial charge in [0, 0.05) is 18.2 Å². The van der Waals surface area contributed by atoms with Crippen LogP contribution in [0, 0.1) is 15.9 Å². The van der Waals surface area contributed by atoms with E-state index < -0.39 is 10.7 Å². The van der Waals surface area contributed by atoms with E-state index in [1.165, 1.54) is 12.1 Å². The van der Waals surface area contributed by atoms with Crippen LogP contribution in [0.25, 0.3) is 0 Å². The first-order valence-electron chi connectivity index (χ1n) is 5.25. The van der Waals surface area contributed by atoms with Crippen molar-refractivity contribution in [1.82, 2.24) is 0 Å². The summed E-state index contributed by atoms with van der Waals surface area (Å²) >= 11 is 11.8. The maximum Gasteiger partial charge on any atom is 0.272 e. The minimum absolute atomic E-state index is 0.0324. The fraction of sp³-hybridized carbons (Fsp3) is 0. The van der Waals surface area contributed by atoms with Gasteiger partial charge in [0.1, 0.15) is 11.6 Å². The molecule has 0 aliphatic rings. The number of halogens is 3. The number of benzene rings is 2. The van der Waals surface area contributed by atoms with Gasteiger partial charge in [-0.2, -0.15) is 0 Å². The third-order valence-electron chi connectivity index (χ3n) is 2.38. The highest BCUT2D eigenvalue weighted by molar-refractivity contribution is 6.37. The molecule has 0 fully saturated rings. The average Bonchev–Trinajstić information content (AvgIpc) is 2.37. The van der Waals surface area contributed by atoms with Gasteiger partial charge in [-0.3, -0.25) is 10.1 Å². The summed E-state index contributed by atoms with van der Waals surface area (Å²) in [7, 11) is 0. The summed E-state index contributed by atoms with van der Waals surface area (Å²) in [6.45, 7) is 0. The number of ether oxygens (including phenoxy) is 1. The van der Waals surface area contributed by atoms with E-state index in [1.54, 1.807) is 0 Å². The number of non-ortho nitro benzene ring substituents is 1. The second-order valence-electron chi connectivity index (χ2n) is 3.78. The van der Waals surface area contributed by atoms with Crippen molar-refractivity contribution in [2.75, 3.05) is 5.73 Å². The number of hydrogen-bond acceptors (Lipinski definition) is 4. The first-order chi connectivity index (χ1) is 9.38. The van der Waals surface area contributed by atoms with E-state index in [2.05, 4.69) is 0 Å². The van der Waals surface area contributed by atoms with Gasteiger partial charge in [0.15, 0.2) is 5.75 Å². The topological polar surface area (TPSA) is 78.4 Å². The van der Waals surface area contributed by atoms with Crippen LogP contribution in [-0.4, -0.2) is 4.92 Å². The van der Waals surface area contributed by atoms with Crippen LogP contribution in [-0.2, 0) is 0 Å². The third-order valence-corrected chi connectivity index (χ3v) is 2.94. The molecule has 8 heteroatoms. The summed E-state index contributed by atoms with van der Waals surface area (Å²) in [6, 6.07) is 5.92. The summed E-state index contributed by atoms with van der Waals surface area (Å²) in [5, 5.41) is 10.6. The lowest BCUT2D eigenvalue weighted by atomic mass is 10.2. The van der Waals surface area contributed by atoms with Gasteiger partial charge in [0.25, 0.3) is 5.69 Å². The SMILES string of the molecule is Nc1cc(Oc2c(Cl)cc([N+](=O)[O-])cc2Cl)ccc1F. The number of nitrogen functional groups attached to an aromatic ring is 1. The Morgan fingerprint density at radius 3 is 2.30 bits per heavy atom. The lowest BCUT2D eigenvalue weighted by Crippen LogP contribution is -1.94. The summed E-state index contributed by atoms with van der Waals surface area (Å²) in [4.78, 5) is 10.0. The zero-order valence-corrected chi connectivity index (χ0v) is 11.3. The Morgan fingerprint density at radius 1 is 1.20 bits per heavy atom. The fourth-order valence-corrected chi connectivity index (χ4v) is 2.01. The molecule has 104 valence electrons. The Bertz CT molecular complexity index is 671. The molecule has 2 aromatic rings. The van der Waals surface area contributed by atoms with E-state index in [4.69, 9.17) is 33.7 Å². The number of nitro benzene ring substituents is 1. The molecule has 0 aliphatic carbocycles. The lowest BCUT2D eigenvalue weighted by Gasteiger charge is -2.10. The molecule has 0 saturated carbocycles. The molecule has 2 N–H and O–H groups in total. The van der Waals surface area contributed by atoms with E-state index in [-0.39, 0.29) is 32.9 Å². The van der Waals surface area contributed by atoms with Crippen LogP contribution in [0.1, 0.15) is 0 Å². The summed E-state index contributed by atoms with van der Waals surface area (Å²) in [5.74, 6) is -0.343. The smallest absolute Gasteiger partial charge is 0.272 e. The number of nitro groups is 1. The molecule has 5 nitrogen and oxygen atoms in total. The zero-order valence-electron chi connectivity index (χ0n) is 9.77. The highest BCUT2D eigenvalue weighted by Crippen LogP contribution is 2.39. The maximum absolute atomic E-state index is 13.0. The molecule has 0 radical (unpaired) electrons. The molecule has 0 spiro atoms. The van der Waals surface area contributed by atoms with E-state index in [1.807, 2.05) is 0 Å². The van der Waals surface area contributed by atoms with Gasteiger partial charge in [-0.25, -0.2) is 4.39 Å². The molecule has 0 atom stereocenters. The summed E-state index contributed by atoms with van der Waals surface area (Å²) < 4.78 is 18.4. The molecular formula is C12H7Cl2FN2O3. The molecular weight excluding hydrogens is 310 g/mol. The predicted octanol–water partition coefficient (Wildman–Crippen LogP) is 4.42. The van der Waals surface area contributed by atoms with Crippen molar-refractivity contribution in [3.05, 3.63) is 56.3 Å². The molecule has 0 aliphatic heterocycles. The van der Waals surface area contributed by atoms with Crippen LogP contribution >= 0.6 is 23.2 Å². The average molecular weight is 317 g/mol. The molecule has 0 saturated heterocycles. The van der Waals surface area contributed by atoms with Crippen LogP contribution in [0.3, 0.4) is 0 Å². The Labute approximate surface area is 122 Å². The molecule has 0 amide bonds. The molecule has 0 heterocycles. The Morgan fingerprint density at radius 2 is 1.80 bits per heavy atom. The van der Waals surface area contributed by atoms with E-state index >= 15 is 0 Å². The van der Waals surface area contributed by atoms with Crippen LogP contribution in [0.15, 0.2) is 30.3 Å². The maximum atomic E-state index is 13.0. The largest absolute Gasteiger partial charge is 0.454 e. The minimum atomic E-state index is -0.628. The van der Waals surface area contributed by atoms with E-state index in [0.29, 0.717) is 0 Å². The number of anilines is 1. The molecule has 0 bridgehead atoms. The Kier molecular flexibility index (Phi) is 3.96. The second kappa shape index (κ2) is 5.52. The van der Waals surface area contributed by atoms with Gasteiger partial charge in [0.05, 0.1) is 20.7 Å². The highest BCUT2D eigenvalue weighted by atomic mass is 35.5. The second-order valence-corrected chi connectivity index (χ2v) is 4.60. The molecule has 0 aromatic heterocycles. The molecule has 2 rings (SSSR count). The molecule has 20 heavy (non-hydrogen) atoms. The van der Waals surface area contributed by atoms with Crippen LogP contribution in [0.2, 0.25) is 10.0 Å². The molecule has 0 unspecified atom stereocenters. The number of nitrogens with two attached hydrogens (primary N) is 1. The summed E-state index contributed by atoms with van der Waals surface area (Å²) in [6.07, 6.45) is 0. The van der Waals surface area contributed by atoms with Gasteiger partial charge in [-0.15, -0.1) is 0 Å². The van der Waals surface area contributed by atoms with Crippen molar-refractivity contribution in [1.29, 1.82) is 0 Å². The summed E-state index contributed by atoms with van der Waals surface area (Å²) in [5.41, 5.74) is 5.05. The van der Waals surface area contributed by atoms with Crippen molar-refractivity contribution >= 4 is 34.6 Å². The van der Waals surface area contributed by atoms with Gasteiger partial charge < -0.3 is 10.5 Å². The van der Waals surface area contributed by atoms with Crippen LogP contribution in [0.4, 0.5) is 15.8 Å². The first-order valence-corrected chi connectivity index (χ1v) is 6.00. The Hall–Kier alpha value is -2.05. The van der Waals surface area contributed by atoms with Crippen molar-refractivity contribution in [3.63, 3.8) is 0 Å². The molecule has 2 aromatic carbocycles. The zero-order chi connectivity index (χ0) is 14.9. The highest BCUT2D eigenvalue weighted by Gasteiger charge is 2.16. The number of nitrogens with zero attached hydrogens (tertiary/aromatic N) is 1. The van der Waals surface area contributed by atoms with Gasteiger partial charge in [-0.1, -0.05) is 23.2 Å². The Balaban J connectivity index is 2.38. The monoisotopic (exact) mass is 316 g/mol. The lowest BCUT2D eigenvalue weighted by molar-refractivity contribution is -0.384. The quantitative estimate of drug-likeness (QED) is 0.516. The third kappa shape index (κ3) is 2.92. The minimum Gasteiger partial charge on any atom is -0.454 e. The fourth-order valence-electron chi connectivity index (χ4n) is 1.45. The number of hydrogen-bond donors (Lipinski definition) is 1. The van der Waals surface area contributed by atoms with Crippen molar-refractivity contribution in [2.24, 2.45) is 0 Å². The predicted molar refractivity (Wildman–Crippen MR) is 74.0 cm³/mol. The van der Waals surface area contributed by atoms with E-state index in [9.17, 15) is 14.5 Å². The standard InChI is InChI=1S/C12H7Cl2FN2O3/c13-8-3-6(17(18)19)4-9(14)12(8)20-7-1-2-10(15)11(16)5-7/h1-5H,16H2. The van der Waals surface area contributed by atoms with E-state index in [0.717, 1.165) is 18.2 Å². The van der Waals surface area contributed by atoms with Crippen LogP contribution < -0.4 is 10.5 Å². The van der Waals surface area contributed by atoms with Gasteiger partial charge in [-0.05, 0) is 12.1 Å². The first kappa shape index (κ1) is 14.4. The van der Waals surface area contributed by atoms with Crippen LogP contribution in [0.5, 0.6) is 11.5 Å². The van der Waals surface area contributed by atoms with Crippen molar-refractivity contribution in [3.8, 4) is 11.5 Å². The van der Waals surface area contributed by atoms with Gasteiger partial charge in [0.2, 0.25) is 0 Å². The van der Waals surface area contributed by atoms with Crippen molar-refractivity contribution < 1.29 is 14.1 Å².